The second kappa shape index (κ2) is 8.13. The van der Waals surface area contributed by atoms with Crippen molar-refractivity contribution < 1.29 is 17.4 Å². The molecular weight excluding hydrogens is 400 g/mol. The Hall–Kier alpha value is -2.33. The highest BCUT2D eigenvalue weighted by Gasteiger charge is 2.21. The van der Waals surface area contributed by atoms with Crippen LogP contribution in [0.3, 0.4) is 0 Å². The fraction of sp³-hybridized carbons (Fsp3) is 0.312. The SMILES string of the molecule is CCS(=O)N(Cc1nc(-c2nnc(C(F)F)o2)cn1C)c1cccc(Cl)c1. The van der Waals surface area contributed by atoms with Crippen LogP contribution in [0.5, 0.6) is 0 Å². The molecule has 0 saturated heterocycles. The number of hydrogen-bond acceptors (Lipinski definition) is 5. The van der Waals surface area contributed by atoms with Gasteiger partial charge in [-0.25, -0.2) is 9.19 Å². The molecule has 0 radical (unpaired) electrons. The molecule has 0 aliphatic carbocycles. The first kappa shape index (κ1) is 19.4. The average Bonchev–Trinajstić information content (AvgIpc) is 3.26. The summed E-state index contributed by atoms with van der Waals surface area (Å²) in [4.78, 5) is 4.37. The van der Waals surface area contributed by atoms with Crippen molar-refractivity contribution in [1.29, 1.82) is 0 Å². The summed E-state index contributed by atoms with van der Waals surface area (Å²) in [5.74, 6) is 0.0945. The molecule has 27 heavy (non-hydrogen) atoms. The van der Waals surface area contributed by atoms with E-state index in [1.54, 1.807) is 46.4 Å². The third-order valence-corrected chi connectivity index (χ3v) is 5.25. The predicted molar refractivity (Wildman–Crippen MR) is 97.8 cm³/mol. The van der Waals surface area contributed by atoms with Crippen molar-refractivity contribution in [2.75, 3.05) is 10.1 Å². The number of halogens is 3. The van der Waals surface area contributed by atoms with E-state index < -0.39 is 23.3 Å². The van der Waals surface area contributed by atoms with E-state index in [0.29, 0.717) is 22.3 Å². The van der Waals surface area contributed by atoms with Crippen molar-refractivity contribution in [2.24, 2.45) is 7.05 Å². The number of imidazole rings is 1. The van der Waals surface area contributed by atoms with E-state index in [9.17, 15) is 13.0 Å². The van der Waals surface area contributed by atoms with Gasteiger partial charge in [0.1, 0.15) is 22.5 Å². The van der Waals surface area contributed by atoms with Gasteiger partial charge in [-0.05, 0) is 18.2 Å². The summed E-state index contributed by atoms with van der Waals surface area (Å²) >= 11 is 6.05. The maximum atomic E-state index is 12.6. The van der Waals surface area contributed by atoms with E-state index in [2.05, 4.69) is 15.2 Å². The molecule has 2 aromatic heterocycles. The van der Waals surface area contributed by atoms with Crippen molar-refractivity contribution in [3.8, 4) is 11.6 Å². The molecule has 0 fully saturated rings. The number of rotatable bonds is 7. The van der Waals surface area contributed by atoms with Crippen LogP contribution < -0.4 is 4.31 Å². The highest BCUT2D eigenvalue weighted by atomic mass is 35.5. The molecule has 0 bridgehead atoms. The van der Waals surface area contributed by atoms with Gasteiger partial charge in [0, 0.05) is 24.0 Å². The molecule has 1 atom stereocenters. The second-order valence-corrected chi connectivity index (χ2v) is 7.62. The smallest absolute Gasteiger partial charge is 0.314 e. The maximum Gasteiger partial charge on any atom is 0.314 e. The molecular formula is C16H16ClF2N5O2S. The van der Waals surface area contributed by atoms with Gasteiger partial charge < -0.3 is 8.98 Å². The Balaban J connectivity index is 1.90. The summed E-state index contributed by atoms with van der Waals surface area (Å²) < 4.78 is 46.1. The van der Waals surface area contributed by atoms with Crippen LogP contribution in [0.1, 0.15) is 25.1 Å². The molecule has 2 heterocycles. The van der Waals surface area contributed by atoms with Crippen molar-refractivity contribution >= 4 is 28.3 Å². The lowest BCUT2D eigenvalue weighted by molar-refractivity contribution is 0.116. The summed E-state index contributed by atoms with van der Waals surface area (Å²) in [5.41, 5.74) is 0.949. The normalized spacial score (nSPS) is 12.5. The van der Waals surface area contributed by atoms with E-state index in [4.69, 9.17) is 16.0 Å². The van der Waals surface area contributed by atoms with Gasteiger partial charge in [0.25, 0.3) is 11.8 Å². The zero-order valence-electron chi connectivity index (χ0n) is 14.5. The molecule has 0 N–H and O–H groups in total. The molecule has 0 saturated carbocycles. The summed E-state index contributed by atoms with van der Waals surface area (Å²) in [7, 11) is 0.438. The number of alkyl halides is 2. The average molecular weight is 416 g/mol. The van der Waals surface area contributed by atoms with E-state index >= 15 is 0 Å². The Kier molecular flexibility index (Phi) is 5.85. The molecule has 0 spiro atoms. The monoisotopic (exact) mass is 415 g/mol. The summed E-state index contributed by atoms with van der Waals surface area (Å²) in [5, 5.41) is 7.42. The fourth-order valence-corrected chi connectivity index (χ4v) is 3.48. The predicted octanol–water partition coefficient (Wildman–Crippen LogP) is 3.75. The largest absolute Gasteiger partial charge is 0.414 e. The molecule has 7 nitrogen and oxygen atoms in total. The molecule has 1 unspecified atom stereocenters. The van der Waals surface area contributed by atoms with Gasteiger partial charge in [-0.2, -0.15) is 8.78 Å². The number of benzene rings is 1. The number of aryl methyl sites for hydroxylation is 1. The minimum absolute atomic E-state index is 0.0990. The van der Waals surface area contributed by atoms with Crippen LogP contribution in [0, 0.1) is 0 Å². The van der Waals surface area contributed by atoms with Crippen LogP contribution in [-0.2, 0) is 24.6 Å². The first-order chi connectivity index (χ1) is 12.9. The van der Waals surface area contributed by atoms with E-state index in [1.807, 2.05) is 6.92 Å². The highest BCUT2D eigenvalue weighted by Crippen LogP contribution is 2.25. The lowest BCUT2D eigenvalue weighted by atomic mass is 10.3. The molecule has 0 amide bonds. The van der Waals surface area contributed by atoms with Crippen molar-refractivity contribution in [3.05, 3.63) is 47.2 Å². The molecule has 144 valence electrons. The minimum Gasteiger partial charge on any atom is -0.414 e. The molecule has 3 aromatic rings. The zero-order valence-corrected chi connectivity index (χ0v) is 16.0. The van der Waals surface area contributed by atoms with Gasteiger partial charge in [-0.15, -0.1) is 10.2 Å². The minimum atomic E-state index is -2.85. The number of anilines is 1. The number of hydrogen-bond donors (Lipinski definition) is 0. The molecule has 0 aliphatic heterocycles. The Morgan fingerprint density at radius 3 is 2.78 bits per heavy atom. The van der Waals surface area contributed by atoms with Gasteiger partial charge in [-0.3, -0.25) is 4.31 Å². The van der Waals surface area contributed by atoms with Crippen molar-refractivity contribution in [1.82, 2.24) is 19.7 Å². The summed E-state index contributed by atoms with van der Waals surface area (Å²) in [6.07, 6.45) is -1.26. The molecule has 0 aliphatic rings. The standard InChI is InChI=1S/C16H16ClF2N5O2S/c1-3-27(25)24(11-6-4-5-10(17)7-11)9-13-20-12(8-23(13)2)15-21-22-16(26-15)14(18)19/h4-8,14H,3,9H2,1-2H3. The molecule has 11 heteroatoms. The molecule has 1 aromatic carbocycles. The summed E-state index contributed by atoms with van der Waals surface area (Å²) in [6, 6.07) is 7.01. The third-order valence-electron chi connectivity index (χ3n) is 3.69. The maximum absolute atomic E-state index is 12.6. The second-order valence-electron chi connectivity index (χ2n) is 5.53. The Morgan fingerprint density at radius 2 is 2.15 bits per heavy atom. The van der Waals surface area contributed by atoms with Gasteiger partial charge in [0.15, 0.2) is 0 Å². The van der Waals surface area contributed by atoms with E-state index in [0.717, 1.165) is 0 Å². The third kappa shape index (κ3) is 4.33. The first-order valence-corrected chi connectivity index (χ1v) is 9.60. The Labute approximate surface area is 161 Å². The van der Waals surface area contributed by atoms with Crippen LogP contribution in [0.15, 0.2) is 34.9 Å². The van der Waals surface area contributed by atoms with Gasteiger partial charge in [0.05, 0.1) is 12.2 Å². The van der Waals surface area contributed by atoms with Crippen LogP contribution in [0.4, 0.5) is 14.5 Å². The van der Waals surface area contributed by atoms with Gasteiger partial charge in [-0.1, -0.05) is 24.6 Å². The molecule has 3 rings (SSSR count). The van der Waals surface area contributed by atoms with Crippen LogP contribution in [-0.4, -0.2) is 29.7 Å². The quantitative estimate of drug-likeness (QED) is 0.587. The van der Waals surface area contributed by atoms with Crippen molar-refractivity contribution in [2.45, 2.75) is 19.9 Å². The lowest BCUT2D eigenvalue weighted by Crippen LogP contribution is -2.27. The number of nitrogens with zero attached hydrogens (tertiary/aromatic N) is 5. The van der Waals surface area contributed by atoms with Gasteiger partial charge in [0.2, 0.25) is 0 Å². The summed E-state index contributed by atoms with van der Waals surface area (Å²) in [6.45, 7) is 2.02. The lowest BCUT2D eigenvalue weighted by Gasteiger charge is -2.22. The fourth-order valence-electron chi connectivity index (χ4n) is 2.38. The van der Waals surface area contributed by atoms with Gasteiger partial charge >= 0.3 is 6.43 Å². The van der Waals surface area contributed by atoms with E-state index in [1.165, 1.54) is 0 Å². The van der Waals surface area contributed by atoms with E-state index in [-0.39, 0.29) is 18.1 Å². The Morgan fingerprint density at radius 1 is 1.37 bits per heavy atom. The van der Waals surface area contributed by atoms with Crippen LogP contribution in [0.25, 0.3) is 11.6 Å². The topological polar surface area (TPSA) is 77.1 Å². The van der Waals surface area contributed by atoms with Crippen molar-refractivity contribution in [3.63, 3.8) is 0 Å². The van der Waals surface area contributed by atoms with Crippen LogP contribution in [0.2, 0.25) is 5.02 Å². The first-order valence-electron chi connectivity index (χ1n) is 7.94. The number of aromatic nitrogens is 4. The zero-order chi connectivity index (χ0) is 19.6. The Bertz CT molecular complexity index is 962. The highest BCUT2D eigenvalue weighted by molar-refractivity contribution is 7.86. The van der Waals surface area contributed by atoms with Crippen LogP contribution >= 0.6 is 11.6 Å².